The number of likely N-dealkylation sites (tertiary alicyclic amines) is 1. The van der Waals surface area contributed by atoms with E-state index in [2.05, 4.69) is 31.2 Å². The van der Waals surface area contributed by atoms with Crippen LogP contribution in [0.15, 0.2) is 32.7 Å². The van der Waals surface area contributed by atoms with Gasteiger partial charge in [-0.25, -0.2) is 9.79 Å². The van der Waals surface area contributed by atoms with Gasteiger partial charge in [-0.15, -0.1) is 0 Å². The number of halogens is 1. The van der Waals surface area contributed by atoms with Crippen LogP contribution < -0.4 is 10.2 Å². The maximum absolute atomic E-state index is 11.8. The first kappa shape index (κ1) is 15.1. The van der Waals surface area contributed by atoms with Gasteiger partial charge in [-0.05, 0) is 18.2 Å². The van der Waals surface area contributed by atoms with Crippen LogP contribution in [-0.4, -0.2) is 61.4 Å². The van der Waals surface area contributed by atoms with Gasteiger partial charge in [0.15, 0.2) is 11.7 Å². The Morgan fingerprint density at radius 3 is 2.88 bits per heavy atom. The SMILES string of the molecule is CNC(=O)OC1CN(C2=Nc3ccc(Br)cc3N3CC(=O)N=C23)C1. The van der Waals surface area contributed by atoms with Crippen LogP contribution in [0.3, 0.4) is 0 Å². The standard InChI is InChI=1S/C15H14BrN5O3/c1-17-15(23)24-9-5-20(6-9)13-14-19-12(22)7-21(14)11-4-8(16)2-3-10(11)18-13/h2-4,9H,5-7H2,1H3,(H,17,23). The van der Waals surface area contributed by atoms with E-state index in [9.17, 15) is 9.59 Å². The highest BCUT2D eigenvalue weighted by Crippen LogP contribution is 2.37. The van der Waals surface area contributed by atoms with Gasteiger partial charge in [0.05, 0.1) is 24.5 Å². The number of rotatable bonds is 1. The van der Waals surface area contributed by atoms with Gasteiger partial charge in [0.25, 0.3) is 5.91 Å². The van der Waals surface area contributed by atoms with Crippen LogP contribution >= 0.6 is 15.9 Å². The molecular formula is C15H14BrN5O3. The molecule has 1 aromatic rings. The zero-order chi connectivity index (χ0) is 16.8. The molecule has 0 spiro atoms. The highest BCUT2D eigenvalue weighted by molar-refractivity contribution is 9.10. The number of ether oxygens (including phenoxy) is 1. The Bertz CT molecular complexity index is 800. The molecule has 0 unspecified atom stereocenters. The summed E-state index contributed by atoms with van der Waals surface area (Å²) in [5.41, 5.74) is 1.65. The largest absolute Gasteiger partial charge is 0.442 e. The highest BCUT2D eigenvalue weighted by atomic mass is 79.9. The number of carbonyl (C=O) groups excluding carboxylic acids is 2. The summed E-state index contributed by atoms with van der Waals surface area (Å²) in [4.78, 5) is 35.7. The first-order chi connectivity index (χ1) is 11.5. The quantitative estimate of drug-likeness (QED) is 0.778. The van der Waals surface area contributed by atoms with Crippen molar-refractivity contribution in [3.63, 3.8) is 0 Å². The molecule has 1 fully saturated rings. The lowest BCUT2D eigenvalue weighted by Crippen LogP contribution is -2.59. The number of amides is 2. The molecule has 0 aliphatic carbocycles. The third-order valence-electron chi connectivity index (χ3n) is 4.06. The number of nitrogens with zero attached hydrogens (tertiary/aromatic N) is 4. The van der Waals surface area contributed by atoms with Gasteiger partial charge in [-0.3, -0.25) is 4.79 Å². The number of aliphatic imine (C=N–C) groups is 2. The van der Waals surface area contributed by atoms with Crippen LogP contribution in [0.5, 0.6) is 0 Å². The fraction of sp³-hybridized carbons (Fsp3) is 0.333. The molecular weight excluding hydrogens is 378 g/mol. The van der Waals surface area contributed by atoms with E-state index in [0.29, 0.717) is 24.8 Å². The van der Waals surface area contributed by atoms with Gasteiger partial charge in [0, 0.05) is 11.5 Å². The van der Waals surface area contributed by atoms with E-state index in [0.717, 1.165) is 15.8 Å². The Morgan fingerprint density at radius 2 is 2.12 bits per heavy atom. The number of hydrogen-bond donors (Lipinski definition) is 1. The molecule has 124 valence electrons. The van der Waals surface area contributed by atoms with Crippen molar-refractivity contribution >= 4 is 51.0 Å². The van der Waals surface area contributed by atoms with Crippen LogP contribution in [-0.2, 0) is 9.53 Å². The minimum atomic E-state index is -0.449. The number of fused-ring (bicyclic) bond motifs is 3. The molecule has 24 heavy (non-hydrogen) atoms. The third-order valence-corrected chi connectivity index (χ3v) is 4.55. The molecule has 0 saturated carbocycles. The molecule has 8 nitrogen and oxygen atoms in total. The first-order valence-corrected chi connectivity index (χ1v) is 8.25. The lowest BCUT2D eigenvalue weighted by molar-refractivity contribution is -0.115. The van der Waals surface area contributed by atoms with Gasteiger partial charge in [-0.2, -0.15) is 4.99 Å². The fourth-order valence-electron chi connectivity index (χ4n) is 2.87. The monoisotopic (exact) mass is 391 g/mol. The summed E-state index contributed by atoms with van der Waals surface area (Å²) >= 11 is 3.44. The molecule has 2 amide bonds. The lowest BCUT2D eigenvalue weighted by Gasteiger charge is -2.42. The predicted molar refractivity (Wildman–Crippen MR) is 91.9 cm³/mol. The maximum Gasteiger partial charge on any atom is 0.407 e. The van der Waals surface area contributed by atoms with Gasteiger partial charge in [-0.1, -0.05) is 15.9 Å². The molecule has 0 radical (unpaired) electrons. The number of hydrogen-bond acceptors (Lipinski definition) is 6. The first-order valence-electron chi connectivity index (χ1n) is 7.46. The van der Waals surface area contributed by atoms with Crippen molar-refractivity contribution in [1.29, 1.82) is 0 Å². The van der Waals surface area contributed by atoms with E-state index in [-0.39, 0.29) is 18.6 Å². The zero-order valence-corrected chi connectivity index (χ0v) is 14.4. The highest BCUT2D eigenvalue weighted by Gasteiger charge is 2.40. The normalized spacial score (nSPS) is 19.2. The van der Waals surface area contributed by atoms with Gasteiger partial charge in [0.1, 0.15) is 12.6 Å². The third kappa shape index (κ3) is 2.44. The van der Waals surface area contributed by atoms with Crippen molar-refractivity contribution in [2.45, 2.75) is 6.10 Å². The van der Waals surface area contributed by atoms with Crippen molar-refractivity contribution in [1.82, 2.24) is 10.2 Å². The summed E-state index contributed by atoms with van der Waals surface area (Å²) < 4.78 is 6.12. The van der Waals surface area contributed by atoms with E-state index >= 15 is 0 Å². The number of carbonyl (C=O) groups is 2. The van der Waals surface area contributed by atoms with E-state index in [1.54, 1.807) is 0 Å². The van der Waals surface area contributed by atoms with Crippen molar-refractivity contribution in [3.8, 4) is 0 Å². The fourth-order valence-corrected chi connectivity index (χ4v) is 3.22. The number of anilines is 1. The summed E-state index contributed by atoms with van der Waals surface area (Å²) in [6, 6.07) is 5.74. The molecule has 3 heterocycles. The smallest absolute Gasteiger partial charge is 0.407 e. The molecule has 9 heteroatoms. The van der Waals surface area contributed by atoms with Crippen molar-refractivity contribution < 1.29 is 14.3 Å². The Morgan fingerprint density at radius 1 is 1.33 bits per heavy atom. The average molecular weight is 392 g/mol. The second-order valence-electron chi connectivity index (χ2n) is 5.67. The van der Waals surface area contributed by atoms with E-state index in [1.165, 1.54) is 7.05 Å². The average Bonchev–Trinajstić information content (AvgIpc) is 2.92. The van der Waals surface area contributed by atoms with Gasteiger partial charge < -0.3 is 19.9 Å². The molecule has 1 aromatic carbocycles. The number of alkyl carbamates (subject to hydrolysis) is 1. The minimum absolute atomic E-state index is 0.190. The summed E-state index contributed by atoms with van der Waals surface area (Å²) in [5.74, 6) is 1.01. The molecule has 0 atom stereocenters. The minimum Gasteiger partial charge on any atom is -0.442 e. The van der Waals surface area contributed by atoms with Crippen molar-refractivity contribution in [2.75, 3.05) is 31.6 Å². The summed E-state index contributed by atoms with van der Waals surface area (Å²) in [6.45, 7) is 1.27. The molecule has 0 aromatic heterocycles. The van der Waals surface area contributed by atoms with Crippen molar-refractivity contribution in [3.05, 3.63) is 22.7 Å². The Labute approximate surface area is 146 Å². The molecule has 4 rings (SSSR count). The number of nitrogens with one attached hydrogen (secondary N) is 1. The Kier molecular flexibility index (Phi) is 3.52. The van der Waals surface area contributed by atoms with Crippen molar-refractivity contribution in [2.24, 2.45) is 9.98 Å². The van der Waals surface area contributed by atoms with E-state index < -0.39 is 6.09 Å². The van der Waals surface area contributed by atoms with Crippen LogP contribution in [0.25, 0.3) is 0 Å². The summed E-state index contributed by atoms with van der Waals surface area (Å²) in [5, 5.41) is 2.43. The number of amidine groups is 2. The number of benzene rings is 1. The van der Waals surface area contributed by atoms with Gasteiger partial charge in [0.2, 0.25) is 0 Å². The summed E-state index contributed by atoms with van der Waals surface area (Å²) in [7, 11) is 1.52. The van der Waals surface area contributed by atoms with Crippen LogP contribution in [0, 0.1) is 0 Å². The van der Waals surface area contributed by atoms with Crippen LogP contribution in [0.4, 0.5) is 16.2 Å². The van der Waals surface area contributed by atoms with E-state index in [1.807, 2.05) is 28.0 Å². The second-order valence-corrected chi connectivity index (χ2v) is 6.58. The van der Waals surface area contributed by atoms with Gasteiger partial charge >= 0.3 is 6.09 Å². The Balaban J connectivity index is 1.61. The Hall–Kier alpha value is -2.42. The molecule has 3 aliphatic rings. The predicted octanol–water partition coefficient (Wildman–Crippen LogP) is 1.28. The van der Waals surface area contributed by atoms with Crippen LogP contribution in [0.2, 0.25) is 0 Å². The van der Waals surface area contributed by atoms with Crippen LogP contribution in [0.1, 0.15) is 0 Å². The molecule has 3 aliphatic heterocycles. The molecule has 1 N–H and O–H groups in total. The molecule has 0 bridgehead atoms. The van der Waals surface area contributed by atoms with E-state index in [4.69, 9.17) is 4.74 Å². The summed E-state index contributed by atoms with van der Waals surface area (Å²) in [6.07, 6.45) is -0.638. The second kappa shape index (κ2) is 5.59. The maximum atomic E-state index is 11.8. The lowest BCUT2D eigenvalue weighted by atomic mass is 10.1. The molecule has 1 saturated heterocycles. The topological polar surface area (TPSA) is 86.6 Å². The zero-order valence-electron chi connectivity index (χ0n) is 12.8.